The molecule has 192 valence electrons. The van der Waals surface area contributed by atoms with E-state index >= 15 is 0 Å². The van der Waals surface area contributed by atoms with Gasteiger partial charge in [-0.25, -0.2) is 5.01 Å². The first-order chi connectivity index (χ1) is 18.2. The van der Waals surface area contributed by atoms with Crippen LogP contribution in [0.15, 0.2) is 89.0 Å². The molecule has 0 radical (unpaired) electrons. The number of hydrogen-bond donors (Lipinski definition) is 0. The third-order valence-electron chi connectivity index (χ3n) is 6.74. The van der Waals surface area contributed by atoms with Crippen LogP contribution in [0.2, 0.25) is 0 Å². The summed E-state index contributed by atoms with van der Waals surface area (Å²) < 4.78 is 19.2. The summed E-state index contributed by atoms with van der Waals surface area (Å²) in [7, 11) is 0. The van der Waals surface area contributed by atoms with Crippen LogP contribution < -0.4 is 14.2 Å². The number of hydrogen-bond acceptors (Lipinski definition) is 5. The van der Waals surface area contributed by atoms with Crippen molar-refractivity contribution in [3.63, 3.8) is 0 Å². The van der Waals surface area contributed by atoms with Gasteiger partial charge in [0, 0.05) is 22.0 Å². The standard InChI is InChI=1S/C31H33BrN2O3/c1-3-5-6-7-19-36-26-15-10-23(11-16-26)31-34-29(27-20-24(32)12-17-30(27)37-31)21-28(33-34)22-8-13-25(14-9-22)35-18-4-2/h4,8-17,20,29,31H,2-3,5-7,18-19,21H2,1H3. The Morgan fingerprint density at radius 2 is 1.76 bits per heavy atom. The van der Waals surface area contributed by atoms with Crippen LogP contribution in [-0.2, 0) is 0 Å². The van der Waals surface area contributed by atoms with E-state index in [-0.39, 0.29) is 12.3 Å². The zero-order valence-corrected chi connectivity index (χ0v) is 22.8. The van der Waals surface area contributed by atoms with Crippen molar-refractivity contribution in [1.29, 1.82) is 0 Å². The number of benzene rings is 3. The predicted molar refractivity (Wildman–Crippen MR) is 151 cm³/mol. The monoisotopic (exact) mass is 560 g/mol. The van der Waals surface area contributed by atoms with Gasteiger partial charge in [0.15, 0.2) is 0 Å². The predicted octanol–water partition coefficient (Wildman–Crippen LogP) is 8.22. The molecule has 2 heterocycles. The van der Waals surface area contributed by atoms with Gasteiger partial charge in [-0.1, -0.05) is 54.8 Å². The fraction of sp³-hybridized carbons (Fsp3) is 0.323. The Balaban J connectivity index is 1.37. The number of ether oxygens (including phenoxy) is 3. The summed E-state index contributed by atoms with van der Waals surface area (Å²) in [6.07, 6.45) is 7.01. The second-order valence-corrected chi connectivity index (χ2v) is 10.3. The molecule has 5 nitrogen and oxygen atoms in total. The first-order valence-electron chi connectivity index (χ1n) is 13.0. The lowest BCUT2D eigenvalue weighted by Gasteiger charge is -2.38. The number of halogens is 1. The van der Waals surface area contributed by atoms with E-state index in [0.717, 1.165) is 63.6 Å². The molecular weight excluding hydrogens is 528 g/mol. The number of unbranched alkanes of at least 4 members (excludes halogenated alkanes) is 3. The minimum atomic E-state index is -0.315. The van der Waals surface area contributed by atoms with Crippen LogP contribution in [-0.4, -0.2) is 23.9 Å². The summed E-state index contributed by atoms with van der Waals surface area (Å²) in [6, 6.07) is 22.7. The lowest BCUT2D eigenvalue weighted by molar-refractivity contribution is -0.0191. The van der Waals surface area contributed by atoms with E-state index in [0.29, 0.717) is 6.61 Å². The number of nitrogens with zero attached hydrogens (tertiary/aromatic N) is 2. The highest BCUT2D eigenvalue weighted by molar-refractivity contribution is 9.10. The van der Waals surface area contributed by atoms with Gasteiger partial charge < -0.3 is 14.2 Å². The lowest BCUT2D eigenvalue weighted by atomic mass is 9.96. The van der Waals surface area contributed by atoms with Crippen molar-refractivity contribution < 1.29 is 14.2 Å². The average molecular weight is 562 g/mol. The van der Waals surface area contributed by atoms with Crippen LogP contribution in [0.5, 0.6) is 17.2 Å². The van der Waals surface area contributed by atoms with E-state index in [1.165, 1.54) is 19.3 Å². The van der Waals surface area contributed by atoms with E-state index in [4.69, 9.17) is 19.3 Å². The fourth-order valence-electron chi connectivity index (χ4n) is 4.80. The van der Waals surface area contributed by atoms with Crippen LogP contribution >= 0.6 is 15.9 Å². The quantitative estimate of drug-likeness (QED) is 0.175. The zero-order valence-electron chi connectivity index (χ0n) is 21.2. The Morgan fingerprint density at radius 1 is 1.00 bits per heavy atom. The molecule has 3 aromatic rings. The van der Waals surface area contributed by atoms with Crippen molar-refractivity contribution >= 4 is 21.6 Å². The van der Waals surface area contributed by atoms with Crippen molar-refractivity contribution in [3.8, 4) is 17.2 Å². The summed E-state index contributed by atoms with van der Waals surface area (Å²) in [4.78, 5) is 0. The van der Waals surface area contributed by atoms with Crippen molar-refractivity contribution in [2.75, 3.05) is 13.2 Å². The molecule has 2 aliphatic rings. The lowest BCUT2D eigenvalue weighted by Crippen LogP contribution is -2.33. The maximum atomic E-state index is 6.53. The molecule has 2 atom stereocenters. The zero-order chi connectivity index (χ0) is 25.6. The Labute approximate surface area is 227 Å². The van der Waals surface area contributed by atoms with E-state index in [1.54, 1.807) is 6.08 Å². The SMILES string of the molecule is C=CCOc1ccc(C2=NN3C(C2)c2cc(Br)ccc2OC3c2ccc(OCCCCCC)cc2)cc1. The normalized spacial score (nSPS) is 17.9. The Hall–Kier alpha value is -3.25. The van der Waals surface area contributed by atoms with E-state index < -0.39 is 0 Å². The highest BCUT2D eigenvalue weighted by atomic mass is 79.9. The van der Waals surface area contributed by atoms with Crippen LogP contribution in [0.4, 0.5) is 0 Å². The molecule has 0 fully saturated rings. The molecule has 0 saturated heterocycles. The third kappa shape index (κ3) is 5.85. The minimum absolute atomic E-state index is 0.0902. The van der Waals surface area contributed by atoms with Crippen molar-refractivity contribution in [3.05, 3.63) is 101 Å². The molecule has 0 amide bonds. The number of hydrazone groups is 1. The number of rotatable bonds is 11. The maximum Gasteiger partial charge on any atom is 0.213 e. The molecule has 2 aliphatic heterocycles. The van der Waals surface area contributed by atoms with Gasteiger partial charge in [0.05, 0.1) is 18.4 Å². The maximum absolute atomic E-state index is 6.53. The molecule has 2 unspecified atom stereocenters. The van der Waals surface area contributed by atoms with Crippen molar-refractivity contribution in [1.82, 2.24) is 5.01 Å². The van der Waals surface area contributed by atoms with E-state index in [9.17, 15) is 0 Å². The molecule has 0 bridgehead atoms. The Bertz CT molecular complexity index is 1240. The summed E-state index contributed by atoms with van der Waals surface area (Å²) in [6.45, 7) is 7.17. The molecule has 6 heteroatoms. The van der Waals surface area contributed by atoms with Crippen LogP contribution in [0.1, 0.15) is 68.0 Å². The van der Waals surface area contributed by atoms with Gasteiger partial charge in [0.25, 0.3) is 0 Å². The molecule has 0 aromatic heterocycles. The summed E-state index contributed by atoms with van der Waals surface area (Å²) in [5, 5.41) is 7.18. The second-order valence-electron chi connectivity index (χ2n) is 9.40. The Kier molecular flexibility index (Phi) is 8.15. The van der Waals surface area contributed by atoms with Gasteiger partial charge in [0.1, 0.15) is 23.9 Å². The molecule has 0 aliphatic carbocycles. The molecule has 0 N–H and O–H groups in total. The molecule has 3 aromatic carbocycles. The van der Waals surface area contributed by atoms with Crippen molar-refractivity contribution in [2.24, 2.45) is 5.10 Å². The van der Waals surface area contributed by atoms with Gasteiger partial charge >= 0.3 is 0 Å². The minimum Gasteiger partial charge on any atom is -0.494 e. The number of fused-ring (bicyclic) bond motifs is 3. The van der Waals surface area contributed by atoms with E-state index in [2.05, 4.69) is 64.8 Å². The molecule has 5 rings (SSSR count). The first-order valence-corrected chi connectivity index (χ1v) is 13.8. The van der Waals surface area contributed by atoms with Gasteiger partial charge in [0.2, 0.25) is 6.23 Å². The largest absolute Gasteiger partial charge is 0.494 e. The topological polar surface area (TPSA) is 43.3 Å². The fourth-order valence-corrected chi connectivity index (χ4v) is 5.18. The average Bonchev–Trinajstić information content (AvgIpc) is 3.38. The summed E-state index contributed by atoms with van der Waals surface area (Å²) >= 11 is 3.63. The van der Waals surface area contributed by atoms with Gasteiger partial charge in [-0.3, -0.25) is 0 Å². The highest BCUT2D eigenvalue weighted by Crippen LogP contribution is 2.48. The third-order valence-corrected chi connectivity index (χ3v) is 7.23. The summed E-state index contributed by atoms with van der Waals surface area (Å²) in [5.41, 5.74) is 4.31. The van der Waals surface area contributed by atoms with Gasteiger partial charge in [-0.15, -0.1) is 0 Å². The summed E-state index contributed by atoms with van der Waals surface area (Å²) in [5.74, 6) is 2.61. The highest BCUT2D eigenvalue weighted by Gasteiger charge is 2.41. The molecule has 0 spiro atoms. The first kappa shape index (κ1) is 25.4. The smallest absolute Gasteiger partial charge is 0.213 e. The van der Waals surface area contributed by atoms with Crippen LogP contribution in [0, 0.1) is 0 Å². The molecular formula is C31H33BrN2O3. The van der Waals surface area contributed by atoms with Crippen LogP contribution in [0.25, 0.3) is 0 Å². The second kappa shape index (κ2) is 11.9. The molecule has 37 heavy (non-hydrogen) atoms. The molecule has 0 saturated carbocycles. The Morgan fingerprint density at radius 3 is 2.51 bits per heavy atom. The van der Waals surface area contributed by atoms with Crippen molar-refractivity contribution in [2.45, 2.75) is 51.3 Å². The van der Waals surface area contributed by atoms with Crippen LogP contribution in [0.3, 0.4) is 0 Å². The van der Waals surface area contributed by atoms with Gasteiger partial charge in [-0.2, -0.15) is 5.10 Å². The van der Waals surface area contributed by atoms with E-state index in [1.807, 2.05) is 36.4 Å². The van der Waals surface area contributed by atoms with Gasteiger partial charge in [-0.05, 0) is 78.7 Å².